The number of anilines is 2. The summed E-state index contributed by atoms with van der Waals surface area (Å²) >= 11 is 6.85. The van der Waals surface area contributed by atoms with Gasteiger partial charge in [0.1, 0.15) is 11.3 Å². The maximum Gasteiger partial charge on any atom is 0.335 e. The Labute approximate surface area is 242 Å². The molecule has 1 fully saturated rings. The van der Waals surface area contributed by atoms with E-state index in [9.17, 15) is 19.2 Å². The van der Waals surface area contributed by atoms with Crippen LogP contribution in [-0.2, 0) is 14.4 Å². The molecule has 10 heteroatoms. The first-order valence-corrected chi connectivity index (χ1v) is 13.5. The van der Waals surface area contributed by atoms with Crippen molar-refractivity contribution in [1.29, 1.82) is 0 Å². The maximum absolute atomic E-state index is 13.4. The molecule has 4 rings (SSSR count). The first-order valence-electron chi connectivity index (χ1n) is 11.9. The molecule has 0 spiro atoms. The van der Waals surface area contributed by atoms with Gasteiger partial charge in [-0.05, 0) is 102 Å². The van der Waals surface area contributed by atoms with E-state index in [1.807, 2.05) is 45.9 Å². The van der Waals surface area contributed by atoms with Crippen molar-refractivity contribution in [2.24, 2.45) is 0 Å². The smallest absolute Gasteiger partial charge is 0.335 e. The fourth-order valence-electron chi connectivity index (χ4n) is 3.96. The van der Waals surface area contributed by atoms with Crippen molar-refractivity contribution in [3.63, 3.8) is 0 Å². The third kappa shape index (κ3) is 6.12. The summed E-state index contributed by atoms with van der Waals surface area (Å²) in [5, 5.41) is 5.07. The predicted molar refractivity (Wildman–Crippen MR) is 157 cm³/mol. The number of ether oxygens (including phenoxy) is 1. The first-order chi connectivity index (χ1) is 18.5. The van der Waals surface area contributed by atoms with Gasteiger partial charge in [-0.2, -0.15) is 0 Å². The summed E-state index contributed by atoms with van der Waals surface area (Å²) in [4.78, 5) is 52.4. The Kier molecular flexibility index (Phi) is 8.36. The number of rotatable bonds is 6. The van der Waals surface area contributed by atoms with Crippen LogP contribution in [0.15, 0.2) is 63.0 Å². The van der Waals surface area contributed by atoms with Gasteiger partial charge in [-0.25, -0.2) is 9.69 Å². The van der Waals surface area contributed by atoms with E-state index < -0.39 is 17.8 Å². The van der Waals surface area contributed by atoms with Gasteiger partial charge in [0, 0.05) is 15.7 Å². The highest BCUT2D eigenvalue weighted by atomic mass is 79.9. The third-order valence-corrected chi connectivity index (χ3v) is 7.46. The summed E-state index contributed by atoms with van der Waals surface area (Å²) in [7, 11) is 0. The second-order valence-electron chi connectivity index (χ2n) is 9.12. The molecule has 200 valence electrons. The Balaban J connectivity index is 1.64. The summed E-state index contributed by atoms with van der Waals surface area (Å²) in [6.07, 6.45) is 1.34. The topological polar surface area (TPSA) is 105 Å². The van der Waals surface area contributed by atoms with Gasteiger partial charge >= 0.3 is 6.03 Å². The zero-order chi connectivity index (χ0) is 28.4. The number of benzene rings is 3. The lowest BCUT2D eigenvalue weighted by Gasteiger charge is -2.27. The van der Waals surface area contributed by atoms with E-state index in [0.717, 1.165) is 27.2 Å². The number of aryl methyl sites for hydroxylation is 3. The molecule has 1 heterocycles. The number of carbonyl (C=O) groups excluding carboxylic acids is 4. The number of amides is 5. The number of nitrogens with zero attached hydrogens (tertiary/aromatic N) is 1. The number of halogens is 2. The molecular formula is C29H25Br2N3O5. The second kappa shape index (κ2) is 11.5. The summed E-state index contributed by atoms with van der Waals surface area (Å²) in [6, 6.07) is 13.3. The molecule has 39 heavy (non-hydrogen) atoms. The number of carbonyl (C=O) groups is 4. The largest absolute Gasteiger partial charge is 0.482 e. The molecule has 0 aliphatic carbocycles. The fourth-order valence-corrected chi connectivity index (χ4v) is 5.34. The van der Waals surface area contributed by atoms with Crippen LogP contribution in [0.1, 0.15) is 27.8 Å². The predicted octanol–water partition coefficient (Wildman–Crippen LogP) is 6.13. The first kappa shape index (κ1) is 28.3. The Morgan fingerprint density at radius 2 is 1.72 bits per heavy atom. The van der Waals surface area contributed by atoms with Gasteiger partial charge in [-0.15, -0.1) is 0 Å². The van der Waals surface area contributed by atoms with E-state index in [0.29, 0.717) is 25.9 Å². The quantitative estimate of drug-likeness (QED) is 0.246. The second-order valence-corrected chi connectivity index (χ2v) is 10.9. The van der Waals surface area contributed by atoms with Crippen LogP contribution in [0.4, 0.5) is 16.2 Å². The van der Waals surface area contributed by atoms with E-state index in [1.54, 1.807) is 30.3 Å². The molecule has 0 unspecified atom stereocenters. The molecule has 1 aliphatic heterocycles. The van der Waals surface area contributed by atoms with Crippen LogP contribution in [0.5, 0.6) is 5.75 Å². The highest BCUT2D eigenvalue weighted by Crippen LogP contribution is 2.35. The van der Waals surface area contributed by atoms with Gasteiger partial charge < -0.3 is 10.1 Å². The lowest BCUT2D eigenvalue weighted by molar-refractivity contribution is -0.122. The molecule has 1 aliphatic rings. The van der Waals surface area contributed by atoms with Crippen LogP contribution in [-0.4, -0.2) is 30.4 Å². The minimum absolute atomic E-state index is 0.247. The van der Waals surface area contributed by atoms with Crippen LogP contribution in [0, 0.1) is 27.7 Å². The lowest BCUT2D eigenvalue weighted by atomic mass is 10.0. The van der Waals surface area contributed by atoms with Gasteiger partial charge in [-0.3, -0.25) is 19.7 Å². The average Bonchev–Trinajstić information content (AvgIpc) is 2.86. The summed E-state index contributed by atoms with van der Waals surface area (Å²) in [5.41, 5.74) is 4.99. The molecule has 3 aromatic carbocycles. The molecule has 3 aromatic rings. The Morgan fingerprint density at radius 1 is 0.974 bits per heavy atom. The maximum atomic E-state index is 13.4. The van der Waals surface area contributed by atoms with Crippen molar-refractivity contribution in [3.8, 4) is 5.75 Å². The molecule has 0 aromatic heterocycles. The highest BCUT2D eigenvalue weighted by molar-refractivity contribution is 9.11. The van der Waals surface area contributed by atoms with Crippen LogP contribution in [0.2, 0.25) is 0 Å². The summed E-state index contributed by atoms with van der Waals surface area (Å²) < 4.78 is 6.99. The highest BCUT2D eigenvalue weighted by Gasteiger charge is 2.37. The molecule has 8 nitrogen and oxygen atoms in total. The number of nitrogens with one attached hydrogen (secondary N) is 2. The van der Waals surface area contributed by atoms with Crippen LogP contribution in [0.3, 0.4) is 0 Å². The van der Waals surface area contributed by atoms with E-state index in [4.69, 9.17) is 4.74 Å². The van der Waals surface area contributed by atoms with Crippen LogP contribution in [0.25, 0.3) is 6.08 Å². The normalized spacial score (nSPS) is 14.5. The molecule has 1 saturated heterocycles. The van der Waals surface area contributed by atoms with Crippen molar-refractivity contribution in [2.75, 3.05) is 16.8 Å². The van der Waals surface area contributed by atoms with Crippen molar-refractivity contribution in [3.05, 3.63) is 90.9 Å². The molecular weight excluding hydrogens is 630 g/mol. The van der Waals surface area contributed by atoms with E-state index in [2.05, 4.69) is 42.5 Å². The number of hydrogen-bond donors (Lipinski definition) is 2. The molecule has 0 radical (unpaired) electrons. The summed E-state index contributed by atoms with van der Waals surface area (Å²) in [6.45, 7) is 7.33. The van der Waals surface area contributed by atoms with Crippen molar-refractivity contribution >= 4 is 73.1 Å². The Bertz CT molecular complexity index is 1560. The van der Waals surface area contributed by atoms with E-state index in [-0.39, 0.29) is 23.8 Å². The lowest BCUT2D eigenvalue weighted by Crippen LogP contribution is -2.54. The van der Waals surface area contributed by atoms with Gasteiger partial charge in [-0.1, -0.05) is 34.1 Å². The zero-order valence-electron chi connectivity index (χ0n) is 21.6. The number of imide groups is 2. The fraction of sp³-hybridized carbons (Fsp3) is 0.172. The average molecular weight is 655 g/mol. The number of urea groups is 1. The van der Waals surface area contributed by atoms with Crippen molar-refractivity contribution in [1.82, 2.24) is 5.32 Å². The van der Waals surface area contributed by atoms with Gasteiger partial charge in [0.05, 0.1) is 10.2 Å². The number of barbiturate groups is 1. The number of hydrogen-bond acceptors (Lipinski definition) is 5. The third-order valence-electron chi connectivity index (χ3n) is 6.41. The van der Waals surface area contributed by atoms with Crippen LogP contribution >= 0.6 is 31.9 Å². The Morgan fingerprint density at radius 3 is 2.44 bits per heavy atom. The van der Waals surface area contributed by atoms with E-state index in [1.165, 1.54) is 6.08 Å². The van der Waals surface area contributed by atoms with Crippen molar-refractivity contribution < 1.29 is 23.9 Å². The molecule has 0 atom stereocenters. The van der Waals surface area contributed by atoms with Gasteiger partial charge in [0.2, 0.25) is 0 Å². The molecule has 2 N–H and O–H groups in total. The minimum atomic E-state index is -0.834. The van der Waals surface area contributed by atoms with Crippen LogP contribution < -0.4 is 20.3 Å². The zero-order valence-corrected chi connectivity index (χ0v) is 24.8. The Hall–Kier alpha value is -3.76. The molecule has 0 saturated carbocycles. The minimum Gasteiger partial charge on any atom is -0.482 e. The van der Waals surface area contributed by atoms with E-state index >= 15 is 0 Å². The summed E-state index contributed by atoms with van der Waals surface area (Å²) in [5.74, 6) is -1.74. The van der Waals surface area contributed by atoms with Gasteiger partial charge in [0.15, 0.2) is 6.61 Å². The van der Waals surface area contributed by atoms with Crippen molar-refractivity contribution in [2.45, 2.75) is 27.7 Å². The monoisotopic (exact) mass is 653 g/mol. The molecule has 5 amide bonds. The van der Waals surface area contributed by atoms with Gasteiger partial charge in [0.25, 0.3) is 17.7 Å². The SMILES string of the molecule is Cc1ccc(N2C(=O)NC(=O)/C(=C/c3cc(Br)cc(Br)c3OCC(=O)Nc3cccc(C)c3C)C2=O)cc1C. The molecule has 0 bridgehead atoms. The standard InChI is InChI=1S/C29H25Br2N3O5/c1-15-8-9-21(10-17(15)3)34-28(37)22(27(36)33-29(34)38)12-19-11-20(30)13-23(31)26(19)39-14-25(35)32-24-7-5-6-16(2)18(24)4/h5-13H,14H2,1-4H3,(H,32,35)(H,33,36,38)/b22-12-.